The Hall–Kier alpha value is -1.69. The molecule has 7 heteroatoms. The van der Waals surface area contributed by atoms with Crippen LogP contribution in [0.5, 0.6) is 0 Å². The molecule has 2 heterocycles. The van der Waals surface area contributed by atoms with Crippen LogP contribution in [0.25, 0.3) is 6.08 Å². The fourth-order valence-corrected chi connectivity index (χ4v) is 2.62. The molecular weight excluding hydrogens is 319 g/mol. The van der Waals surface area contributed by atoms with Crippen LogP contribution >= 0.6 is 34.5 Å². The number of rotatable bonds is 2. The number of halogens is 2. The highest BCUT2D eigenvalue weighted by atomic mass is 35.5. The molecule has 0 fully saturated rings. The number of hydrogen-bond acceptors (Lipinski definition) is 5. The summed E-state index contributed by atoms with van der Waals surface area (Å²) in [6, 6.07) is 4.88. The van der Waals surface area contributed by atoms with Crippen LogP contribution in [0.15, 0.2) is 39.8 Å². The van der Waals surface area contributed by atoms with Crippen LogP contribution in [0, 0.1) is 0 Å². The van der Waals surface area contributed by atoms with Crippen molar-refractivity contribution in [1.29, 1.82) is 0 Å². The predicted octanol–water partition coefficient (Wildman–Crippen LogP) is 3.79. The van der Waals surface area contributed by atoms with Gasteiger partial charge in [0.05, 0.1) is 21.8 Å². The third-order valence-corrected chi connectivity index (χ3v) is 3.67. The maximum Gasteiger partial charge on any atom is 0.363 e. The molecule has 1 aliphatic heterocycles. The van der Waals surface area contributed by atoms with Gasteiger partial charge in [-0.3, -0.25) is 0 Å². The lowest BCUT2D eigenvalue weighted by atomic mass is 10.2. The largest absolute Gasteiger partial charge is 0.402 e. The fourth-order valence-electron chi connectivity index (χ4n) is 1.62. The molecule has 0 spiro atoms. The molecule has 1 aromatic carbocycles. The molecule has 3 rings (SSSR count). The first-order valence-electron chi connectivity index (χ1n) is 5.49. The third kappa shape index (κ3) is 2.60. The molecule has 0 radical (unpaired) electrons. The topological polar surface area (TPSA) is 51.5 Å². The molecule has 4 nitrogen and oxygen atoms in total. The first-order valence-corrected chi connectivity index (χ1v) is 7.19. The standard InChI is InChI=1S/C13H6Cl2N2O2S/c14-7-1-2-9(10(15)3-7)12-17-11(13(18)19-12)4-8-5-20-6-16-8/h1-6H. The number of nitrogens with zero attached hydrogens (tertiary/aromatic N) is 2. The summed E-state index contributed by atoms with van der Waals surface area (Å²) in [5.41, 5.74) is 3.05. The summed E-state index contributed by atoms with van der Waals surface area (Å²) in [5, 5.41) is 2.68. The second-order valence-corrected chi connectivity index (χ2v) is 5.44. The van der Waals surface area contributed by atoms with Gasteiger partial charge < -0.3 is 4.74 Å². The molecule has 100 valence electrons. The summed E-state index contributed by atoms with van der Waals surface area (Å²) in [6.45, 7) is 0. The van der Waals surface area contributed by atoms with Crippen molar-refractivity contribution in [3.63, 3.8) is 0 Å². The highest BCUT2D eigenvalue weighted by molar-refractivity contribution is 7.07. The fraction of sp³-hybridized carbons (Fsp3) is 0. The Bertz CT molecular complexity index is 739. The van der Waals surface area contributed by atoms with E-state index in [-0.39, 0.29) is 11.6 Å². The lowest BCUT2D eigenvalue weighted by Gasteiger charge is -2.02. The second-order valence-electron chi connectivity index (χ2n) is 3.87. The average molecular weight is 325 g/mol. The first-order chi connectivity index (χ1) is 9.63. The van der Waals surface area contributed by atoms with Crippen molar-refractivity contribution < 1.29 is 9.53 Å². The lowest BCUT2D eigenvalue weighted by Crippen LogP contribution is -2.05. The van der Waals surface area contributed by atoms with Gasteiger partial charge in [-0.25, -0.2) is 14.8 Å². The highest BCUT2D eigenvalue weighted by Crippen LogP contribution is 2.26. The molecular formula is C13H6Cl2N2O2S. The molecule has 0 bridgehead atoms. The summed E-state index contributed by atoms with van der Waals surface area (Å²) in [7, 11) is 0. The van der Waals surface area contributed by atoms with Gasteiger partial charge in [-0.2, -0.15) is 0 Å². The summed E-state index contributed by atoms with van der Waals surface area (Å²) in [5.74, 6) is -0.364. The summed E-state index contributed by atoms with van der Waals surface area (Å²) in [4.78, 5) is 20.0. The monoisotopic (exact) mass is 324 g/mol. The van der Waals surface area contributed by atoms with Gasteiger partial charge in [-0.1, -0.05) is 23.2 Å². The summed E-state index contributed by atoms with van der Waals surface area (Å²) in [6.07, 6.45) is 1.57. The molecule has 0 saturated heterocycles. The first kappa shape index (κ1) is 13.3. The number of aliphatic imine (C=N–C) groups is 1. The molecule has 1 aliphatic rings. The Labute approximate surface area is 128 Å². The number of carbonyl (C=O) groups is 1. The van der Waals surface area contributed by atoms with E-state index in [4.69, 9.17) is 27.9 Å². The smallest absolute Gasteiger partial charge is 0.363 e. The number of ether oxygens (including phenoxy) is 1. The number of esters is 1. The number of thiazole rings is 1. The minimum atomic E-state index is -0.529. The van der Waals surface area contributed by atoms with Crippen LogP contribution in [-0.4, -0.2) is 16.9 Å². The quantitative estimate of drug-likeness (QED) is 0.623. The van der Waals surface area contributed by atoms with Gasteiger partial charge in [0.1, 0.15) is 0 Å². The van der Waals surface area contributed by atoms with Crippen molar-refractivity contribution in [2.75, 3.05) is 0 Å². The Morgan fingerprint density at radius 1 is 1.30 bits per heavy atom. The number of carbonyl (C=O) groups excluding carboxylic acids is 1. The van der Waals surface area contributed by atoms with E-state index >= 15 is 0 Å². The Morgan fingerprint density at radius 2 is 2.15 bits per heavy atom. The van der Waals surface area contributed by atoms with Crippen LogP contribution in [0.3, 0.4) is 0 Å². The summed E-state index contributed by atoms with van der Waals surface area (Å²) >= 11 is 13.3. The lowest BCUT2D eigenvalue weighted by molar-refractivity contribution is -0.129. The van der Waals surface area contributed by atoms with Crippen LogP contribution in [0.4, 0.5) is 0 Å². The third-order valence-electron chi connectivity index (χ3n) is 2.52. The van der Waals surface area contributed by atoms with Crippen molar-refractivity contribution in [1.82, 2.24) is 4.98 Å². The van der Waals surface area contributed by atoms with Gasteiger partial charge in [0.15, 0.2) is 5.70 Å². The highest BCUT2D eigenvalue weighted by Gasteiger charge is 2.25. The van der Waals surface area contributed by atoms with Crippen LogP contribution in [0.2, 0.25) is 10.0 Å². The van der Waals surface area contributed by atoms with E-state index in [9.17, 15) is 4.79 Å². The van der Waals surface area contributed by atoms with Gasteiger partial charge in [0.25, 0.3) is 0 Å². The maximum atomic E-state index is 11.8. The molecule has 1 aromatic heterocycles. The zero-order valence-corrected chi connectivity index (χ0v) is 12.2. The molecule has 0 N–H and O–H groups in total. The number of cyclic esters (lactones) is 1. The second kappa shape index (κ2) is 5.36. The molecule has 0 aliphatic carbocycles. The predicted molar refractivity (Wildman–Crippen MR) is 79.2 cm³/mol. The summed E-state index contributed by atoms with van der Waals surface area (Å²) < 4.78 is 5.12. The van der Waals surface area contributed by atoms with E-state index in [0.717, 1.165) is 0 Å². The van der Waals surface area contributed by atoms with E-state index in [0.29, 0.717) is 21.3 Å². The van der Waals surface area contributed by atoms with E-state index in [1.165, 1.54) is 11.3 Å². The van der Waals surface area contributed by atoms with E-state index in [2.05, 4.69) is 9.98 Å². The Kier molecular flexibility index (Phi) is 3.56. The molecule has 20 heavy (non-hydrogen) atoms. The van der Waals surface area contributed by atoms with Crippen LogP contribution < -0.4 is 0 Å². The SMILES string of the molecule is O=C1OC(c2ccc(Cl)cc2Cl)=NC1=Cc1cscn1. The van der Waals surface area contributed by atoms with Gasteiger partial charge in [0.2, 0.25) is 5.90 Å². The van der Waals surface area contributed by atoms with Crippen molar-refractivity contribution in [3.8, 4) is 0 Å². The van der Waals surface area contributed by atoms with Crippen molar-refractivity contribution >= 4 is 52.5 Å². The van der Waals surface area contributed by atoms with E-state index < -0.39 is 5.97 Å². The van der Waals surface area contributed by atoms with Crippen LogP contribution in [0.1, 0.15) is 11.3 Å². The number of hydrogen-bond donors (Lipinski definition) is 0. The molecule has 0 amide bonds. The Morgan fingerprint density at radius 3 is 2.85 bits per heavy atom. The van der Waals surface area contributed by atoms with Gasteiger partial charge in [-0.05, 0) is 24.3 Å². The van der Waals surface area contributed by atoms with E-state index in [1.54, 1.807) is 29.8 Å². The zero-order chi connectivity index (χ0) is 14.1. The molecule has 0 unspecified atom stereocenters. The number of benzene rings is 1. The van der Waals surface area contributed by atoms with Crippen molar-refractivity contribution in [3.05, 3.63) is 56.1 Å². The molecule has 2 aromatic rings. The van der Waals surface area contributed by atoms with Crippen molar-refractivity contribution in [2.45, 2.75) is 0 Å². The molecule has 0 saturated carbocycles. The number of aromatic nitrogens is 1. The normalized spacial score (nSPS) is 16.4. The minimum Gasteiger partial charge on any atom is -0.402 e. The Balaban J connectivity index is 1.98. The van der Waals surface area contributed by atoms with Crippen LogP contribution in [-0.2, 0) is 9.53 Å². The van der Waals surface area contributed by atoms with E-state index in [1.807, 2.05) is 5.38 Å². The average Bonchev–Trinajstić information content (AvgIpc) is 3.01. The van der Waals surface area contributed by atoms with Gasteiger partial charge >= 0.3 is 5.97 Å². The van der Waals surface area contributed by atoms with Crippen molar-refractivity contribution in [2.24, 2.45) is 4.99 Å². The van der Waals surface area contributed by atoms with Gasteiger partial charge in [-0.15, -0.1) is 11.3 Å². The van der Waals surface area contributed by atoms with Gasteiger partial charge in [0, 0.05) is 10.4 Å². The minimum absolute atomic E-state index is 0.165. The molecule has 0 atom stereocenters. The zero-order valence-electron chi connectivity index (χ0n) is 9.84. The maximum absolute atomic E-state index is 11.8.